The van der Waals surface area contributed by atoms with Crippen molar-refractivity contribution in [3.05, 3.63) is 89.3 Å². The van der Waals surface area contributed by atoms with Crippen LogP contribution in [0.3, 0.4) is 0 Å². The quantitative estimate of drug-likeness (QED) is 0.227. The van der Waals surface area contributed by atoms with Crippen LogP contribution < -0.4 is 0 Å². The summed E-state index contributed by atoms with van der Waals surface area (Å²) in [7, 11) is 0. The number of nitrogens with zero attached hydrogens (tertiary/aromatic N) is 4. The molecule has 1 aliphatic rings. The fourth-order valence-electron chi connectivity index (χ4n) is 6.17. The first kappa shape index (κ1) is 26.7. The van der Waals surface area contributed by atoms with Gasteiger partial charge in [-0.25, -0.2) is 9.78 Å². The number of halogens is 3. The number of carboxylic acids is 1. The van der Waals surface area contributed by atoms with E-state index in [0.717, 1.165) is 54.6 Å². The monoisotopic (exact) mass is 560 g/mol. The summed E-state index contributed by atoms with van der Waals surface area (Å²) in [6.07, 6.45) is 4.65. The highest BCUT2D eigenvalue weighted by Gasteiger charge is 2.36. The van der Waals surface area contributed by atoms with Crippen LogP contribution in [-0.4, -0.2) is 30.8 Å². The van der Waals surface area contributed by atoms with Crippen molar-refractivity contribution in [3.8, 4) is 22.3 Å². The lowest BCUT2D eigenvalue weighted by molar-refractivity contribution is -0.138. The van der Waals surface area contributed by atoms with Gasteiger partial charge in [0.25, 0.3) is 0 Å². The zero-order chi connectivity index (χ0) is 28.9. The lowest BCUT2D eigenvalue weighted by Gasteiger charge is -2.25. The van der Waals surface area contributed by atoms with Crippen LogP contribution in [0.5, 0.6) is 0 Å². The Morgan fingerprint density at radius 1 is 1.07 bits per heavy atom. The molecule has 1 saturated carbocycles. The van der Waals surface area contributed by atoms with E-state index in [1.807, 2.05) is 42.0 Å². The van der Waals surface area contributed by atoms with Crippen LogP contribution in [0.1, 0.15) is 64.8 Å². The van der Waals surface area contributed by atoms with Crippen LogP contribution >= 0.6 is 0 Å². The van der Waals surface area contributed by atoms with E-state index >= 15 is 0 Å². The van der Waals surface area contributed by atoms with Crippen molar-refractivity contribution in [2.45, 2.75) is 51.7 Å². The maximum Gasteiger partial charge on any atom is 0.417 e. The Hall–Kier alpha value is -4.47. The summed E-state index contributed by atoms with van der Waals surface area (Å²) in [5.74, 6) is -0.755. The summed E-state index contributed by atoms with van der Waals surface area (Å²) in [4.78, 5) is 21.1. The number of hydrogen-bond donors (Lipinski definition) is 1. The second-order valence-electron chi connectivity index (χ2n) is 10.6. The average Bonchev–Trinajstić information content (AvgIpc) is 3.68. The molecule has 41 heavy (non-hydrogen) atoms. The first-order chi connectivity index (χ1) is 19.6. The van der Waals surface area contributed by atoms with Crippen molar-refractivity contribution < 1.29 is 27.6 Å². The molecule has 0 aliphatic heterocycles. The Morgan fingerprint density at radius 2 is 1.85 bits per heavy atom. The van der Waals surface area contributed by atoms with Crippen molar-refractivity contribution in [1.29, 1.82) is 0 Å². The number of fused-ring (bicyclic) bond motifs is 1. The second-order valence-corrected chi connectivity index (χ2v) is 10.6. The first-order valence-corrected chi connectivity index (χ1v) is 13.4. The molecule has 1 aromatic carbocycles. The molecule has 4 aromatic heterocycles. The Bertz CT molecular complexity index is 1730. The Morgan fingerprint density at radius 3 is 2.49 bits per heavy atom. The standard InChI is InChI=1S/C31H27F3N4O3/c1-17-27(18(2)41-37-17)21-13-23-24(20-10-11-22(30(39)40)25(14-20)31(32,33)34)16-38(29(23)36-15-21)28(19-7-3-4-8-19)26-9-5-6-12-35-26/h5-6,9-16,19,28H,3-4,7-8H2,1-2H3,(H,39,40). The molecule has 1 N–H and O–H groups in total. The maximum absolute atomic E-state index is 14.0. The third-order valence-electron chi connectivity index (χ3n) is 7.99. The molecule has 1 atom stereocenters. The minimum atomic E-state index is -4.84. The van der Waals surface area contributed by atoms with Crippen LogP contribution in [-0.2, 0) is 6.18 Å². The van der Waals surface area contributed by atoms with Gasteiger partial charge in [0.2, 0.25) is 0 Å². The van der Waals surface area contributed by atoms with Crippen molar-refractivity contribution in [2.75, 3.05) is 0 Å². The number of aryl methyl sites for hydroxylation is 2. The van der Waals surface area contributed by atoms with E-state index in [9.17, 15) is 23.1 Å². The molecule has 0 saturated heterocycles. The number of aromatic carboxylic acids is 1. The van der Waals surface area contributed by atoms with Crippen molar-refractivity contribution in [3.63, 3.8) is 0 Å². The van der Waals surface area contributed by atoms with Crippen molar-refractivity contribution in [1.82, 2.24) is 19.7 Å². The average molecular weight is 561 g/mol. The number of alkyl halides is 3. The summed E-state index contributed by atoms with van der Waals surface area (Å²) >= 11 is 0. The van der Waals surface area contributed by atoms with Gasteiger partial charge in [-0.3, -0.25) is 4.98 Å². The van der Waals surface area contributed by atoms with Crippen LogP contribution in [0, 0.1) is 19.8 Å². The summed E-state index contributed by atoms with van der Waals surface area (Å²) < 4.78 is 49.4. The maximum atomic E-state index is 14.0. The van der Waals surface area contributed by atoms with E-state index in [4.69, 9.17) is 9.51 Å². The number of hydrogen-bond acceptors (Lipinski definition) is 5. The molecule has 1 fully saturated rings. The van der Waals surface area contributed by atoms with E-state index < -0.39 is 23.3 Å². The minimum absolute atomic E-state index is 0.173. The van der Waals surface area contributed by atoms with Gasteiger partial charge >= 0.3 is 12.1 Å². The molecule has 10 heteroatoms. The van der Waals surface area contributed by atoms with E-state index in [0.29, 0.717) is 28.1 Å². The lowest BCUT2D eigenvalue weighted by atomic mass is 9.94. The largest absolute Gasteiger partial charge is 0.478 e. The summed E-state index contributed by atoms with van der Waals surface area (Å²) in [6, 6.07) is 10.8. The molecule has 7 nitrogen and oxygen atoms in total. The first-order valence-electron chi connectivity index (χ1n) is 13.4. The van der Waals surface area contributed by atoms with Gasteiger partial charge in [-0.1, -0.05) is 30.1 Å². The van der Waals surface area contributed by atoms with Gasteiger partial charge in [0.05, 0.1) is 28.6 Å². The molecule has 0 bridgehead atoms. The zero-order valence-electron chi connectivity index (χ0n) is 22.4. The summed E-state index contributed by atoms with van der Waals surface area (Å²) in [5.41, 5.74) is 2.40. The lowest BCUT2D eigenvalue weighted by Crippen LogP contribution is -2.19. The summed E-state index contributed by atoms with van der Waals surface area (Å²) in [6.45, 7) is 3.61. The minimum Gasteiger partial charge on any atom is -0.478 e. The molecule has 0 amide bonds. The van der Waals surface area contributed by atoms with Crippen LogP contribution in [0.4, 0.5) is 13.2 Å². The van der Waals surface area contributed by atoms with Crippen LogP contribution in [0.15, 0.2) is 65.6 Å². The van der Waals surface area contributed by atoms with Crippen molar-refractivity contribution in [2.24, 2.45) is 5.92 Å². The number of pyridine rings is 2. The third-order valence-corrected chi connectivity index (χ3v) is 7.99. The predicted molar refractivity (Wildman–Crippen MR) is 146 cm³/mol. The summed E-state index contributed by atoms with van der Waals surface area (Å²) in [5, 5.41) is 14.1. The number of carbonyl (C=O) groups is 1. The SMILES string of the molecule is Cc1noc(C)c1-c1cnc2c(c1)c(-c1ccc(C(=O)O)c(C(F)(F)F)c1)cn2C(c1ccccn1)C1CCCC1. The highest BCUT2D eigenvalue weighted by Crippen LogP contribution is 2.43. The van der Waals surface area contributed by atoms with E-state index in [1.54, 1.807) is 19.3 Å². The Kier molecular flexibility index (Phi) is 6.63. The smallest absolute Gasteiger partial charge is 0.417 e. The molecule has 1 aliphatic carbocycles. The van der Waals surface area contributed by atoms with Crippen molar-refractivity contribution >= 4 is 17.0 Å². The van der Waals surface area contributed by atoms with Gasteiger partial charge in [0.15, 0.2) is 0 Å². The number of carboxylic acid groups (broad SMARTS) is 1. The number of rotatable bonds is 6. The predicted octanol–water partition coefficient (Wildman–Crippen LogP) is 7.87. The Labute approximate surface area is 233 Å². The van der Waals surface area contributed by atoms with Gasteiger partial charge in [0, 0.05) is 40.7 Å². The number of aromatic nitrogens is 4. The van der Waals surface area contributed by atoms with Gasteiger partial charge in [-0.05, 0) is 68.5 Å². The van der Waals surface area contributed by atoms with Gasteiger partial charge < -0.3 is 14.2 Å². The van der Waals surface area contributed by atoms with Gasteiger partial charge in [0.1, 0.15) is 11.4 Å². The highest BCUT2D eigenvalue weighted by molar-refractivity contribution is 5.98. The third kappa shape index (κ3) is 4.77. The molecule has 210 valence electrons. The normalized spacial score (nSPS) is 15.0. The highest BCUT2D eigenvalue weighted by atomic mass is 19.4. The fraction of sp³-hybridized carbons (Fsp3) is 0.290. The topological polar surface area (TPSA) is 94.0 Å². The zero-order valence-corrected chi connectivity index (χ0v) is 22.4. The van der Waals surface area contributed by atoms with E-state index in [2.05, 4.69) is 10.1 Å². The molecule has 0 radical (unpaired) electrons. The molecule has 6 rings (SSSR count). The fourth-order valence-corrected chi connectivity index (χ4v) is 6.17. The molecular formula is C31H27F3N4O3. The molecule has 5 aromatic rings. The molecule has 1 unspecified atom stereocenters. The number of benzene rings is 1. The second kappa shape index (κ2) is 10.2. The Balaban J connectivity index is 1.63. The molecule has 4 heterocycles. The van der Waals surface area contributed by atoms with Crippen LogP contribution in [0.2, 0.25) is 0 Å². The van der Waals surface area contributed by atoms with Gasteiger partial charge in [-0.2, -0.15) is 13.2 Å². The molecular weight excluding hydrogens is 533 g/mol. The van der Waals surface area contributed by atoms with Gasteiger partial charge in [-0.15, -0.1) is 0 Å². The van der Waals surface area contributed by atoms with E-state index in [1.165, 1.54) is 6.07 Å². The van der Waals surface area contributed by atoms with Crippen LogP contribution in [0.25, 0.3) is 33.3 Å². The molecule has 0 spiro atoms. The van der Waals surface area contributed by atoms with E-state index in [-0.39, 0.29) is 17.5 Å².